The van der Waals surface area contributed by atoms with Crippen molar-refractivity contribution in [3.8, 4) is 29.5 Å². The first-order valence-corrected chi connectivity index (χ1v) is 19.7. The molecule has 4 heterocycles. The topological polar surface area (TPSA) is 191 Å². The van der Waals surface area contributed by atoms with E-state index in [4.69, 9.17) is 15.9 Å². The van der Waals surface area contributed by atoms with Gasteiger partial charge in [0.15, 0.2) is 0 Å². The first-order valence-electron chi connectivity index (χ1n) is 19.7. The van der Waals surface area contributed by atoms with Gasteiger partial charge in [0, 0.05) is 49.6 Å². The lowest BCUT2D eigenvalue weighted by atomic mass is 9.85. The van der Waals surface area contributed by atoms with Crippen LogP contribution < -0.4 is 25.6 Å². The first-order chi connectivity index (χ1) is 28.2. The molecule has 2 aromatic heterocycles. The van der Waals surface area contributed by atoms with Crippen molar-refractivity contribution in [3.05, 3.63) is 89.7 Å². The van der Waals surface area contributed by atoms with Crippen molar-refractivity contribution in [3.63, 3.8) is 0 Å². The van der Waals surface area contributed by atoms with Crippen LogP contribution in [0.2, 0.25) is 0 Å². The maximum atomic E-state index is 14.0. The Kier molecular flexibility index (Phi) is 13.3. The lowest BCUT2D eigenvalue weighted by molar-refractivity contribution is -0.145. The Labute approximate surface area is 344 Å². The van der Waals surface area contributed by atoms with Gasteiger partial charge >= 0.3 is 0 Å². The van der Waals surface area contributed by atoms with Gasteiger partial charge in [-0.15, -0.1) is 6.42 Å². The number of aliphatic hydroxyl groups is 1. The second-order valence-corrected chi connectivity index (χ2v) is 16.0. The van der Waals surface area contributed by atoms with E-state index in [1.165, 1.54) is 4.90 Å². The van der Waals surface area contributed by atoms with Crippen LogP contribution >= 0.6 is 0 Å². The zero-order valence-corrected chi connectivity index (χ0v) is 34.0. The first kappa shape index (κ1) is 42.4. The van der Waals surface area contributed by atoms with Crippen molar-refractivity contribution < 1.29 is 33.8 Å². The number of hydrogen-bond donors (Lipinski definition) is 5. The van der Waals surface area contributed by atoms with Crippen molar-refractivity contribution in [2.75, 3.05) is 43.6 Å². The number of H-pyrrole nitrogens is 1. The zero-order valence-electron chi connectivity index (χ0n) is 34.0. The molecule has 4 aromatic rings. The molecule has 2 aliphatic heterocycles. The quantitative estimate of drug-likeness (QED) is 0.123. The van der Waals surface area contributed by atoms with Gasteiger partial charge in [0.25, 0.3) is 5.91 Å². The predicted octanol–water partition coefficient (Wildman–Crippen LogP) is 4.07. The Morgan fingerprint density at radius 2 is 1.76 bits per heavy atom. The Morgan fingerprint density at radius 3 is 2.42 bits per heavy atom. The maximum Gasteiger partial charge on any atom is 0.274 e. The molecule has 15 heteroatoms. The molecule has 0 unspecified atom stereocenters. The second-order valence-electron chi connectivity index (χ2n) is 16.0. The number of aromatic amines is 1. The highest BCUT2D eigenvalue weighted by atomic mass is 16.5. The Morgan fingerprint density at radius 1 is 1.02 bits per heavy atom. The number of carbonyl (C=O) groups is 4. The van der Waals surface area contributed by atoms with Crippen LogP contribution in [-0.2, 0) is 19.1 Å². The summed E-state index contributed by atoms with van der Waals surface area (Å²) in [5.41, 5.74) is 3.72. The number of ether oxygens (including phenoxy) is 2. The minimum Gasteiger partial charge on any atom is -0.494 e. The van der Waals surface area contributed by atoms with Gasteiger partial charge in [0.2, 0.25) is 17.7 Å². The fraction of sp³-hybridized carbons (Fsp3) is 0.409. The standard InChI is InChI=1S/C44H52N8O7/c1-7-28-11-13-29(14-12-28)27(2)46-42(56)37-24-31(53)25-52(37)43(57)40(44(3,4)5)49-39(54)26-59-32-18-21-51(22-19-32)30-15-16-35(38(23-30)58-6)48-41(55)36-10-8-9-33(47-36)34-17-20-45-50-34/h1,8-17,20,23,27,31-32,37,40,53H,18-19,21-22,24-26H2,2-6H3,(H,45,50)(H,46,56)(H,48,55)(H,49,54)/t27-,31+,37-,40+/m0/s1. The maximum absolute atomic E-state index is 14.0. The van der Waals surface area contributed by atoms with Crippen molar-refractivity contribution >= 4 is 35.0 Å². The number of likely N-dealkylation sites (tertiary alicyclic amines) is 1. The van der Waals surface area contributed by atoms with E-state index in [-0.39, 0.29) is 49.2 Å². The summed E-state index contributed by atoms with van der Waals surface area (Å²) in [6.07, 6.45) is 7.48. The summed E-state index contributed by atoms with van der Waals surface area (Å²) in [6, 6.07) is 17.6. The average Bonchev–Trinajstić information content (AvgIpc) is 3.92. The van der Waals surface area contributed by atoms with Crippen LogP contribution in [0.4, 0.5) is 11.4 Å². The molecule has 59 heavy (non-hydrogen) atoms. The Bertz CT molecular complexity index is 2150. The van der Waals surface area contributed by atoms with Gasteiger partial charge in [-0.25, -0.2) is 4.98 Å². The highest BCUT2D eigenvalue weighted by Crippen LogP contribution is 2.32. The third-order valence-electron chi connectivity index (χ3n) is 10.7. The number of piperidine rings is 1. The van der Waals surface area contributed by atoms with Crippen molar-refractivity contribution in [2.45, 2.75) is 77.3 Å². The summed E-state index contributed by atoms with van der Waals surface area (Å²) in [4.78, 5) is 62.0. The van der Waals surface area contributed by atoms with Crippen molar-refractivity contribution in [1.29, 1.82) is 0 Å². The smallest absolute Gasteiger partial charge is 0.274 e. The lowest BCUT2D eigenvalue weighted by Crippen LogP contribution is -2.58. The molecule has 0 spiro atoms. The zero-order chi connectivity index (χ0) is 42.3. The number of methoxy groups -OCH3 is 1. The molecule has 2 fully saturated rings. The highest BCUT2D eigenvalue weighted by molar-refractivity contribution is 6.04. The van der Waals surface area contributed by atoms with Gasteiger partial charge in [-0.05, 0) is 73.2 Å². The average molecular weight is 805 g/mol. The molecular weight excluding hydrogens is 753 g/mol. The minimum absolute atomic E-state index is 0.0257. The van der Waals surface area contributed by atoms with Gasteiger partial charge in [0.1, 0.15) is 35.8 Å². The Balaban J connectivity index is 0.997. The fourth-order valence-corrected chi connectivity index (χ4v) is 7.33. The number of nitrogens with one attached hydrogen (secondary N) is 4. The normalized spacial score (nSPS) is 18.1. The van der Waals surface area contributed by atoms with Crippen LogP contribution in [0.1, 0.15) is 74.6 Å². The molecule has 0 saturated carbocycles. The second kappa shape index (κ2) is 18.6. The summed E-state index contributed by atoms with van der Waals surface area (Å²) < 4.78 is 11.7. The number of anilines is 2. The van der Waals surface area contributed by atoms with Crippen LogP contribution in [0.5, 0.6) is 5.75 Å². The molecule has 2 aliphatic rings. The largest absolute Gasteiger partial charge is 0.494 e. The summed E-state index contributed by atoms with van der Waals surface area (Å²) in [5.74, 6) is 1.40. The van der Waals surface area contributed by atoms with Crippen LogP contribution in [0.15, 0.2) is 72.9 Å². The molecule has 4 atom stereocenters. The number of aromatic nitrogens is 3. The molecule has 6 rings (SSSR count). The number of carbonyl (C=O) groups excluding carboxylic acids is 4. The summed E-state index contributed by atoms with van der Waals surface area (Å²) in [5, 5.41) is 26.2. The number of amides is 4. The van der Waals surface area contributed by atoms with E-state index in [1.807, 2.05) is 52.0 Å². The summed E-state index contributed by atoms with van der Waals surface area (Å²) in [6.45, 7) is 8.40. The fourth-order valence-electron chi connectivity index (χ4n) is 7.33. The van der Waals surface area contributed by atoms with Gasteiger partial charge in [0.05, 0.1) is 36.7 Å². The highest BCUT2D eigenvalue weighted by Gasteiger charge is 2.44. The molecule has 310 valence electrons. The van der Waals surface area contributed by atoms with Crippen molar-refractivity contribution in [1.82, 2.24) is 30.7 Å². The van der Waals surface area contributed by atoms with Crippen molar-refractivity contribution in [2.24, 2.45) is 5.41 Å². The van der Waals surface area contributed by atoms with Crippen LogP contribution in [0, 0.1) is 17.8 Å². The molecular formula is C44H52N8O7. The Hall–Kier alpha value is -6.24. The van der Waals surface area contributed by atoms with E-state index in [1.54, 1.807) is 55.8 Å². The van der Waals surface area contributed by atoms with Crippen LogP contribution in [0.3, 0.4) is 0 Å². The van der Waals surface area contributed by atoms with Crippen LogP contribution in [-0.4, -0.2) is 106 Å². The third-order valence-corrected chi connectivity index (χ3v) is 10.7. The summed E-state index contributed by atoms with van der Waals surface area (Å²) in [7, 11) is 1.54. The number of pyridine rings is 1. The van der Waals surface area contributed by atoms with E-state index in [2.05, 4.69) is 42.0 Å². The number of benzene rings is 2. The number of nitrogens with zero attached hydrogens (tertiary/aromatic N) is 4. The van der Waals surface area contributed by atoms with E-state index >= 15 is 0 Å². The summed E-state index contributed by atoms with van der Waals surface area (Å²) >= 11 is 0. The van der Waals surface area contributed by atoms with Gasteiger partial charge in [-0.3, -0.25) is 24.3 Å². The van der Waals surface area contributed by atoms with Gasteiger partial charge in [-0.1, -0.05) is 44.9 Å². The van der Waals surface area contributed by atoms with Gasteiger partial charge in [-0.2, -0.15) is 5.10 Å². The van der Waals surface area contributed by atoms with E-state index < -0.39 is 35.4 Å². The number of aliphatic hydroxyl groups excluding tert-OH is 1. The molecule has 0 aliphatic carbocycles. The number of terminal acetylenes is 1. The monoisotopic (exact) mass is 804 g/mol. The third kappa shape index (κ3) is 10.4. The number of rotatable bonds is 13. The molecule has 2 saturated heterocycles. The number of β-amino-alcohol motifs (C(OH)–C–C–N with tert-alkyl or cyclic N) is 1. The minimum atomic E-state index is -0.971. The van der Waals surface area contributed by atoms with E-state index in [9.17, 15) is 24.3 Å². The molecule has 0 bridgehead atoms. The number of hydrogen-bond acceptors (Lipinski definition) is 10. The van der Waals surface area contributed by atoms with E-state index in [0.717, 1.165) is 16.8 Å². The SMILES string of the molecule is C#Cc1ccc([C@H](C)NC(=O)[C@@H]2C[C@@H](O)CN2C(=O)[C@@H](NC(=O)COC2CCN(c3ccc(NC(=O)c4cccc(-c5cc[nH]n5)n4)c(OC)c3)CC2)C(C)(C)C)cc1. The molecule has 5 N–H and O–H groups in total. The molecule has 15 nitrogen and oxygen atoms in total. The van der Waals surface area contributed by atoms with E-state index in [0.29, 0.717) is 48.8 Å². The lowest BCUT2D eigenvalue weighted by Gasteiger charge is -2.36. The molecule has 4 amide bonds. The predicted molar refractivity (Wildman–Crippen MR) is 222 cm³/mol. The molecule has 0 radical (unpaired) electrons. The van der Waals surface area contributed by atoms with Crippen LogP contribution in [0.25, 0.3) is 11.4 Å². The van der Waals surface area contributed by atoms with Gasteiger partial charge < -0.3 is 40.3 Å². The molecule has 2 aromatic carbocycles.